The zero-order valence-electron chi connectivity index (χ0n) is 22.0. The highest BCUT2D eigenvalue weighted by Crippen LogP contribution is 2.36. The van der Waals surface area contributed by atoms with Crippen LogP contribution in [0.1, 0.15) is 49.3 Å². The van der Waals surface area contributed by atoms with E-state index in [2.05, 4.69) is 19.9 Å². The third-order valence-corrected chi connectivity index (χ3v) is 10.1. The van der Waals surface area contributed by atoms with Gasteiger partial charge in [0.05, 0.1) is 27.6 Å². The second kappa shape index (κ2) is 11.0. The average Bonchev–Trinajstić information content (AvgIpc) is 3.36. The van der Waals surface area contributed by atoms with Gasteiger partial charge >= 0.3 is 0 Å². The van der Waals surface area contributed by atoms with Gasteiger partial charge in [0.15, 0.2) is 5.13 Å². The van der Waals surface area contributed by atoms with Gasteiger partial charge in [-0.1, -0.05) is 85.3 Å². The summed E-state index contributed by atoms with van der Waals surface area (Å²) in [7, 11) is -3.68. The monoisotopic (exact) mass is 547 g/mol. The quantitative estimate of drug-likeness (QED) is 0.270. The van der Waals surface area contributed by atoms with Crippen molar-refractivity contribution in [3.05, 3.63) is 89.5 Å². The number of anilines is 1. The van der Waals surface area contributed by atoms with Crippen LogP contribution in [0.25, 0.3) is 10.2 Å². The predicted octanol–water partition coefficient (Wildman–Crippen LogP) is 6.36. The van der Waals surface area contributed by atoms with E-state index < -0.39 is 15.9 Å². The van der Waals surface area contributed by atoms with Crippen LogP contribution in [0, 0.1) is 12.8 Å². The minimum atomic E-state index is -3.68. The molecular formula is C30H33N3O3S2. The standard InChI is InChI=1S/C30H33N3O3S2/c1-21(2)26-12-7-13-27-28(26)31-30(37-27)33(19-23-9-5-4-6-10-23)29(34)24-11-8-18-32(20-24)38(35,36)25-16-14-22(3)15-17-25/h4-7,9-10,12-17,21,24H,8,11,18-20H2,1-3H3. The number of benzene rings is 3. The maximum absolute atomic E-state index is 14.1. The second-order valence-electron chi connectivity index (χ2n) is 10.3. The maximum atomic E-state index is 14.1. The molecule has 3 aromatic carbocycles. The molecule has 0 spiro atoms. The molecule has 1 saturated heterocycles. The number of aryl methyl sites for hydroxylation is 1. The second-order valence-corrected chi connectivity index (χ2v) is 13.2. The van der Waals surface area contributed by atoms with Crippen molar-refractivity contribution >= 4 is 42.6 Å². The van der Waals surface area contributed by atoms with E-state index in [0.29, 0.717) is 37.0 Å². The van der Waals surface area contributed by atoms with Crippen molar-refractivity contribution < 1.29 is 13.2 Å². The fraction of sp³-hybridized carbons (Fsp3) is 0.333. The summed E-state index contributed by atoms with van der Waals surface area (Å²) in [6.07, 6.45) is 1.28. The van der Waals surface area contributed by atoms with E-state index in [1.807, 2.05) is 49.4 Å². The Hall–Kier alpha value is -3.07. The SMILES string of the molecule is Cc1ccc(S(=O)(=O)N2CCCC(C(=O)N(Cc3ccccc3)c3nc4c(C(C)C)cccc4s3)C2)cc1. The molecule has 38 heavy (non-hydrogen) atoms. The maximum Gasteiger partial charge on any atom is 0.243 e. The largest absolute Gasteiger partial charge is 0.283 e. The van der Waals surface area contributed by atoms with Crippen LogP contribution in [0.5, 0.6) is 0 Å². The van der Waals surface area contributed by atoms with Gasteiger partial charge in [-0.2, -0.15) is 4.31 Å². The summed E-state index contributed by atoms with van der Waals surface area (Å²) < 4.78 is 29.3. The van der Waals surface area contributed by atoms with Crippen LogP contribution in [-0.2, 0) is 21.4 Å². The lowest BCUT2D eigenvalue weighted by Crippen LogP contribution is -2.46. The molecular weight excluding hydrogens is 514 g/mol. The Balaban J connectivity index is 1.47. The van der Waals surface area contributed by atoms with Crippen molar-refractivity contribution in [3.8, 4) is 0 Å². The van der Waals surface area contributed by atoms with Crippen molar-refractivity contribution in [2.45, 2.75) is 51.0 Å². The van der Waals surface area contributed by atoms with Gasteiger partial charge in [-0.05, 0) is 55.0 Å². The molecule has 1 aromatic heterocycles. The van der Waals surface area contributed by atoms with Crippen LogP contribution in [0.15, 0.2) is 77.7 Å². The number of aromatic nitrogens is 1. The predicted molar refractivity (Wildman–Crippen MR) is 154 cm³/mol. The lowest BCUT2D eigenvalue weighted by atomic mass is 9.98. The number of nitrogens with zero attached hydrogens (tertiary/aromatic N) is 3. The molecule has 0 N–H and O–H groups in total. The van der Waals surface area contributed by atoms with Gasteiger partial charge < -0.3 is 0 Å². The number of amides is 1. The Morgan fingerprint density at radius 1 is 1.05 bits per heavy atom. The number of para-hydroxylation sites is 1. The topological polar surface area (TPSA) is 70.6 Å². The molecule has 1 amide bonds. The molecule has 1 unspecified atom stereocenters. The van der Waals surface area contributed by atoms with Crippen molar-refractivity contribution in [2.24, 2.45) is 5.92 Å². The van der Waals surface area contributed by atoms with Crippen LogP contribution in [-0.4, -0.2) is 36.7 Å². The number of carbonyl (C=O) groups is 1. The lowest BCUT2D eigenvalue weighted by Gasteiger charge is -2.33. The summed E-state index contributed by atoms with van der Waals surface area (Å²) in [6.45, 7) is 7.19. The number of thiazole rings is 1. The first kappa shape index (κ1) is 26.5. The fourth-order valence-corrected chi connectivity index (χ4v) is 7.52. The van der Waals surface area contributed by atoms with E-state index in [1.54, 1.807) is 29.2 Å². The van der Waals surface area contributed by atoms with Crippen molar-refractivity contribution in [1.29, 1.82) is 0 Å². The first-order chi connectivity index (χ1) is 18.2. The van der Waals surface area contributed by atoms with E-state index in [0.717, 1.165) is 26.9 Å². The summed E-state index contributed by atoms with van der Waals surface area (Å²) in [5.41, 5.74) is 4.10. The summed E-state index contributed by atoms with van der Waals surface area (Å²) in [5, 5.41) is 0.653. The Morgan fingerprint density at radius 3 is 2.50 bits per heavy atom. The number of fused-ring (bicyclic) bond motifs is 1. The molecule has 6 nitrogen and oxygen atoms in total. The average molecular weight is 548 g/mol. The van der Waals surface area contributed by atoms with Gasteiger partial charge in [0.25, 0.3) is 0 Å². The summed E-state index contributed by atoms with van der Waals surface area (Å²) in [5.74, 6) is -0.210. The van der Waals surface area contributed by atoms with E-state index in [1.165, 1.54) is 15.6 Å². The van der Waals surface area contributed by atoms with Crippen LogP contribution < -0.4 is 4.90 Å². The first-order valence-electron chi connectivity index (χ1n) is 13.1. The summed E-state index contributed by atoms with van der Waals surface area (Å²) in [6, 6.07) is 23.0. The lowest BCUT2D eigenvalue weighted by molar-refractivity contribution is -0.123. The highest BCUT2D eigenvalue weighted by molar-refractivity contribution is 7.89. The minimum absolute atomic E-state index is 0.0807. The third kappa shape index (κ3) is 5.39. The fourth-order valence-electron chi connectivity index (χ4n) is 4.99. The highest BCUT2D eigenvalue weighted by atomic mass is 32.2. The van der Waals surface area contributed by atoms with Gasteiger partial charge in [0.2, 0.25) is 15.9 Å². The molecule has 1 atom stereocenters. The Morgan fingerprint density at radius 2 is 1.79 bits per heavy atom. The summed E-state index contributed by atoms with van der Waals surface area (Å²) in [4.78, 5) is 21.1. The molecule has 0 radical (unpaired) electrons. The molecule has 2 heterocycles. The molecule has 1 aliphatic rings. The Bertz CT molecular complexity index is 1530. The molecule has 0 bridgehead atoms. The van der Waals surface area contributed by atoms with Crippen LogP contribution in [0.2, 0.25) is 0 Å². The number of hydrogen-bond acceptors (Lipinski definition) is 5. The molecule has 1 fully saturated rings. The van der Waals surface area contributed by atoms with E-state index >= 15 is 0 Å². The Labute approximate surface area is 229 Å². The highest BCUT2D eigenvalue weighted by Gasteiger charge is 2.36. The van der Waals surface area contributed by atoms with Gasteiger partial charge in [-0.3, -0.25) is 9.69 Å². The number of piperidine rings is 1. The zero-order chi connectivity index (χ0) is 26.9. The number of sulfonamides is 1. The van der Waals surface area contributed by atoms with Gasteiger partial charge in [-0.25, -0.2) is 13.4 Å². The zero-order valence-corrected chi connectivity index (χ0v) is 23.6. The van der Waals surface area contributed by atoms with E-state index in [-0.39, 0.29) is 17.3 Å². The normalized spacial score (nSPS) is 16.7. The van der Waals surface area contributed by atoms with E-state index in [4.69, 9.17) is 4.98 Å². The number of hydrogen-bond donors (Lipinski definition) is 0. The van der Waals surface area contributed by atoms with Crippen LogP contribution in [0.3, 0.4) is 0 Å². The number of carbonyl (C=O) groups excluding carboxylic acids is 1. The van der Waals surface area contributed by atoms with Gasteiger partial charge in [-0.15, -0.1) is 0 Å². The molecule has 0 aliphatic carbocycles. The third-order valence-electron chi connectivity index (χ3n) is 7.13. The van der Waals surface area contributed by atoms with Gasteiger partial charge in [0, 0.05) is 13.1 Å². The van der Waals surface area contributed by atoms with Crippen molar-refractivity contribution in [1.82, 2.24) is 9.29 Å². The summed E-state index contributed by atoms with van der Waals surface area (Å²) >= 11 is 1.52. The molecule has 5 rings (SSSR count). The molecule has 8 heteroatoms. The molecule has 0 saturated carbocycles. The molecule has 198 valence electrons. The Kier molecular flexibility index (Phi) is 7.66. The minimum Gasteiger partial charge on any atom is -0.283 e. The van der Waals surface area contributed by atoms with Crippen LogP contribution in [0.4, 0.5) is 5.13 Å². The first-order valence-corrected chi connectivity index (χ1v) is 15.3. The van der Waals surface area contributed by atoms with Gasteiger partial charge in [0.1, 0.15) is 0 Å². The van der Waals surface area contributed by atoms with Crippen molar-refractivity contribution in [3.63, 3.8) is 0 Å². The van der Waals surface area contributed by atoms with E-state index in [9.17, 15) is 13.2 Å². The molecule has 4 aromatic rings. The smallest absolute Gasteiger partial charge is 0.243 e. The number of rotatable bonds is 7. The van der Waals surface area contributed by atoms with Crippen molar-refractivity contribution in [2.75, 3.05) is 18.0 Å². The molecule has 1 aliphatic heterocycles. The van der Waals surface area contributed by atoms with Crippen LogP contribution >= 0.6 is 11.3 Å².